The molecule has 0 radical (unpaired) electrons. The van der Waals surface area contributed by atoms with Crippen LogP contribution in [0.1, 0.15) is 58.2 Å². The van der Waals surface area contributed by atoms with E-state index in [1.807, 2.05) is 24.4 Å². The number of pyridine rings is 1. The van der Waals surface area contributed by atoms with Crippen molar-refractivity contribution in [1.82, 2.24) is 14.5 Å². The van der Waals surface area contributed by atoms with Crippen molar-refractivity contribution in [3.05, 3.63) is 168 Å². The summed E-state index contributed by atoms with van der Waals surface area (Å²) in [5.74, 6) is 0.855. The van der Waals surface area contributed by atoms with Gasteiger partial charge in [0.2, 0.25) is 0 Å². The van der Waals surface area contributed by atoms with Crippen LogP contribution in [-0.4, -0.2) is 19.6 Å². The van der Waals surface area contributed by atoms with E-state index >= 15 is 0 Å². The number of phenolic OH excluding ortho intramolecular Hbond substituents is 1. The van der Waals surface area contributed by atoms with Gasteiger partial charge in [-0.1, -0.05) is 149 Å². The van der Waals surface area contributed by atoms with Gasteiger partial charge in [0.25, 0.3) is 0 Å². The number of para-hydroxylation sites is 2. The molecule has 282 valence electrons. The maximum atomic E-state index is 11.3. The molecule has 0 fully saturated rings. The number of fused-ring (bicyclic) bond motifs is 1. The minimum atomic E-state index is -0.138. The molecule has 2 heterocycles. The molecule has 0 saturated carbocycles. The van der Waals surface area contributed by atoms with Crippen LogP contribution in [0.2, 0.25) is 0 Å². The quantitative estimate of drug-likeness (QED) is 0.169. The molecule has 0 aliphatic rings. The van der Waals surface area contributed by atoms with Gasteiger partial charge in [0.1, 0.15) is 11.6 Å². The van der Waals surface area contributed by atoms with Crippen molar-refractivity contribution in [2.45, 2.75) is 59.3 Å². The van der Waals surface area contributed by atoms with Crippen molar-refractivity contribution in [1.29, 1.82) is 0 Å². The Hall–Kier alpha value is -5.57. The van der Waals surface area contributed by atoms with Crippen molar-refractivity contribution in [2.75, 3.05) is 0 Å². The molecular formula is C51H46N3OPt-. The normalized spacial score (nSPS) is 11.8. The maximum absolute atomic E-state index is 11.3. The van der Waals surface area contributed by atoms with Crippen LogP contribution in [0.25, 0.3) is 72.7 Å². The van der Waals surface area contributed by atoms with Crippen molar-refractivity contribution >= 4 is 11.0 Å². The van der Waals surface area contributed by atoms with Gasteiger partial charge in [0.15, 0.2) is 0 Å². The molecule has 6 aromatic carbocycles. The van der Waals surface area contributed by atoms with E-state index < -0.39 is 0 Å². The number of benzene rings is 6. The van der Waals surface area contributed by atoms with Crippen LogP contribution in [-0.2, 0) is 31.9 Å². The molecule has 1 N–H and O–H groups in total. The molecule has 8 rings (SSSR count). The number of nitrogens with zero attached hydrogens (tertiary/aromatic N) is 3. The van der Waals surface area contributed by atoms with Gasteiger partial charge in [0, 0.05) is 38.6 Å². The van der Waals surface area contributed by atoms with Crippen LogP contribution in [0.3, 0.4) is 0 Å². The average molecular weight is 912 g/mol. The third kappa shape index (κ3) is 7.51. The van der Waals surface area contributed by atoms with Crippen LogP contribution in [0.5, 0.6) is 5.75 Å². The van der Waals surface area contributed by atoms with E-state index in [1.54, 1.807) is 6.07 Å². The zero-order valence-electron chi connectivity index (χ0n) is 33.0. The zero-order chi connectivity index (χ0) is 38.5. The number of rotatable bonds is 6. The summed E-state index contributed by atoms with van der Waals surface area (Å²) in [6.07, 6.45) is 1.89. The molecule has 8 aromatic rings. The Morgan fingerprint density at radius 1 is 0.589 bits per heavy atom. The fourth-order valence-corrected chi connectivity index (χ4v) is 7.37. The van der Waals surface area contributed by atoms with Crippen molar-refractivity contribution in [3.63, 3.8) is 0 Å². The Kier molecular flexibility index (Phi) is 10.5. The van der Waals surface area contributed by atoms with E-state index in [2.05, 4.69) is 174 Å². The minimum absolute atomic E-state index is 0. The van der Waals surface area contributed by atoms with Crippen LogP contribution in [0.15, 0.2) is 146 Å². The molecule has 0 saturated heterocycles. The van der Waals surface area contributed by atoms with Gasteiger partial charge < -0.3 is 5.11 Å². The summed E-state index contributed by atoms with van der Waals surface area (Å²) >= 11 is 0. The summed E-state index contributed by atoms with van der Waals surface area (Å²) in [6.45, 7) is 15.6. The summed E-state index contributed by atoms with van der Waals surface area (Å²) in [6, 6.07) is 52.1. The average Bonchev–Trinajstić information content (AvgIpc) is 3.57. The van der Waals surface area contributed by atoms with Gasteiger partial charge >= 0.3 is 0 Å². The molecule has 0 bridgehead atoms. The second kappa shape index (κ2) is 15.2. The van der Waals surface area contributed by atoms with E-state index in [9.17, 15) is 5.11 Å². The first-order chi connectivity index (χ1) is 26.3. The summed E-state index contributed by atoms with van der Waals surface area (Å²) in [7, 11) is 0. The van der Waals surface area contributed by atoms with Gasteiger partial charge in [0.05, 0.1) is 16.6 Å². The Morgan fingerprint density at radius 2 is 1.29 bits per heavy atom. The SMILES string of the molecule is Cc1ccc(-c2ccnc(-c3[c-]c(-c4cccc5c4nc(-c4ccccc4O)n5-c4ccc(-c5ccccc5)c(C(C)(C)C)c4)cc(C(C)(C)C)c3)c2)cc1.[Pt]. The molecule has 0 atom stereocenters. The topological polar surface area (TPSA) is 50.9 Å². The minimum Gasteiger partial charge on any atom is -0.507 e. The van der Waals surface area contributed by atoms with Crippen LogP contribution in [0.4, 0.5) is 0 Å². The number of hydrogen-bond acceptors (Lipinski definition) is 3. The standard InChI is InChI=1S/C51H46N3O.Pt/c1-33-20-22-34(23-21-33)36-26-27-52-45(31-36)38-28-37(29-39(30-38)50(2,3)4)42-17-13-18-46-48(42)53-49(43-16-11-12-19-47(43)55)54(46)40-24-25-41(35-14-9-8-10-15-35)44(32-40)51(5,6)7;/h8-27,29-32,55H,1-7H3;/q-1;. The number of aromatic hydroxyl groups is 1. The van der Waals surface area contributed by atoms with Crippen LogP contribution >= 0.6 is 0 Å². The Balaban J connectivity index is 0.00000480. The first-order valence-corrected chi connectivity index (χ1v) is 19.0. The predicted octanol–water partition coefficient (Wildman–Crippen LogP) is 13.2. The van der Waals surface area contributed by atoms with Crippen LogP contribution in [0, 0.1) is 13.0 Å². The van der Waals surface area contributed by atoms with Gasteiger partial charge in [-0.15, -0.1) is 29.3 Å². The summed E-state index contributed by atoms with van der Waals surface area (Å²) in [5.41, 5.74) is 15.1. The third-order valence-corrected chi connectivity index (χ3v) is 10.4. The second-order valence-corrected chi connectivity index (χ2v) is 16.5. The zero-order valence-corrected chi connectivity index (χ0v) is 35.2. The van der Waals surface area contributed by atoms with Gasteiger partial charge in [-0.2, -0.15) is 0 Å². The summed E-state index contributed by atoms with van der Waals surface area (Å²) in [5, 5.41) is 11.3. The predicted molar refractivity (Wildman–Crippen MR) is 229 cm³/mol. The van der Waals surface area contributed by atoms with E-state index in [0.717, 1.165) is 50.2 Å². The summed E-state index contributed by atoms with van der Waals surface area (Å²) in [4.78, 5) is 10.2. The molecule has 5 heteroatoms. The van der Waals surface area contributed by atoms with Crippen molar-refractivity contribution in [3.8, 4) is 67.5 Å². The second-order valence-electron chi connectivity index (χ2n) is 16.5. The Morgan fingerprint density at radius 3 is 2.00 bits per heavy atom. The summed E-state index contributed by atoms with van der Waals surface area (Å²) < 4.78 is 2.19. The van der Waals surface area contributed by atoms with Gasteiger partial charge in [-0.25, -0.2) is 4.98 Å². The molecule has 0 unspecified atom stereocenters. The molecule has 0 aliphatic carbocycles. The molecule has 0 aliphatic heterocycles. The van der Waals surface area contributed by atoms with Crippen molar-refractivity contribution in [2.24, 2.45) is 0 Å². The molecular weight excluding hydrogens is 866 g/mol. The molecule has 0 amide bonds. The van der Waals surface area contributed by atoms with E-state index in [1.165, 1.54) is 27.8 Å². The first kappa shape index (κ1) is 38.7. The monoisotopic (exact) mass is 911 g/mol. The van der Waals surface area contributed by atoms with E-state index in [0.29, 0.717) is 11.4 Å². The fraction of sp³-hybridized carbons (Fsp3) is 0.176. The van der Waals surface area contributed by atoms with Crippen LogP contribution < -0.4 is 0 Å². The largest absolute Gasteiger partial charge is 0.507 e. The first-order valence-electron chi connectivity index (χ1n) is 19.0. The number of aryl methyl sites for hydroxylation is 1. The molecule has 2 aromatic heterocycles. The van der Waals surface area contributed by atoms with Gasteiger partial charge in [-0.05, 0) is 82.0 Å². The van der Waals surface area contributed by atoms with Gasteiger partial charge in [-0.3, -0.25) is 9.55 Å². The maximum Gasteiger partial charge on any atom is 0.148 e. The van der Waals surface area contributed by atoms with Crippen molar-refractivity contribution < 1.29 is 26.2 Å². The van der Waals surface area contributed by atoms with E-state index in [-0.39, 0.29) is 37.6 Å². The van der Waals surface area contributed by atoms with E-state index in [4.69, 9.17) is 9.97 Å². The molecule has 0 spiro atoms. The smallest absolute Gasteiger partial charge is 0.148 e. The fourth-order valence-electron chi connectivity index (χ4n) is 7.37. The number of aromatic nitrogens is 3. The molecule has 56 heavy (non-hydrogen) atoms. The Bertz CT molecular complexity index is 2680. The number of hydrogen-bond donors (Lipinski definition) is 1. The number of phenols is 1. The molecule has 4 nitrogen and oxygen atoms in total. The number of imidazole rings is 1. The third-order valence-electron chi connectivity index (χ3n) is 10.4. The Labute approximate surface area is 345 Å².